The van der Waals surface area contributed by atoms with E-state index in [9.17, 15) is 9.59 Å². The Hall–Kier alpha value is -2.48. The van der Waals surface area contributed by atoms with Gasteiger partial charge in [0.05, 0.1) is 15.6 Å². The predicted molar refractivity (Wildman–Crippen MR) is 119 cm³/mol. The van der Waals surface area contributed by atoms with Crippen LogP contribution in [0.25, 0.3) is 0 Å². The number of carbonyl (C=O) groups is 2. The summed E-state index contributed by atoms with van der Waals surface area (Å²) in [5.41, 5.74) is 2.18. The van der Waals surface area contributed by atoms with Crippen LogP contribution in [0.3, 0.4) is 0 Å². The van der Waals surface area contributed by atoms with Crippen molar-refractivity contribution in [2.75, 3.05) is 49.9 Å². The molecule has 2 rings (SSSR count). The SMILES string of the molecule is COCCCNC(=O)c1cc(NC(=O)Nc2ccc(Cl)c(Cl)c2)ccc1N(C)C. The van der Waals surface area contributed by atoms with E-state index >= 15 is 0 Å². The summed E-state index contributed by atoms with van der Waals surface area (Å²) in [6.07, 6.45) is 0.712. The molecular formula is C20H24Cl2N4O3. The first-order chi connectivity index (χ1) is 13.8. The van der Waals surface area contributed by atoms with E-state index in [1.807, 2.05) is 19.0 Å². The monoisotopic (exact) mass is 438 g/mol. The van der Waals surface area contributed by atoms with Gasteiger partial charge in [-0.1, -0.05) is 23.2 Å². The van der Waals surface area contributed by atoms with Gasteiger partial charge in [-0.2, -0.15) is 0 Å². The molecule has 0 aliphatic heterocycles. The average molecular weight is 439 g/mol. The molecule has 3 N–H and O–H groups in total. The number of nitrogens with zero attached hydrogens (tertiary/aromatic N) is 1. The van der Waals surface area contributed by atoms with Crippen LogP contribution in [0.15, 0.2) is 36.4 Å². The van der Waals surface area contributed by atoms with Crippen LogP contribution in [0, 0.1) is 0 Å². The number of anilines is 3. The van der Waals surface area contributed by atoms with Crippen molar-refractivity contribution in [2.24, 2.45) is 0 Å². The lowest BCUT2D eigenvalue weighted by molar-refractivity contribution is 0.0949. The van der Waals surface area contributed by atoms with Crippen LogP contribution in [0.2, 0.25) is 10.0 Å². The van der Waals surface area contributed by atoms with Gasteiger partial charge in [0, 0.05) is 51.4 Å². The zero-order chi connectivity index (χ0) is 21.4. The van der Waals surface area contributed by atoms with Gasteiger partial charge in [-0.25, -0.2) is 4.79 Å². The van der Waals surface area contributed by atoms with Crippen molar-refractivity contribution in [2.45, 2.75) is 6.42 Å². The lowest BCUT2D eigenvalue weighted by Gasteiger charge is -2.18. The zero-order valence-corrected chi connectivity index (χ0v) is 18.0. The molecule has 0 spiro atoms. The molecule has 0 aliphatic carbocycles. The van der Waals surface area contributed by atoms with Gasteiger partial charge in [-0.05, 0) is 42.8 Å². The van der Waals surface area contributed by atoms with Crippen LogP contribution in [-0.4, -0.2) is 46.3 Å². The molecule has 3 amide bonds. The maximum atomic E-state index is 12.6. The molecule has 0 aliphatic rings. The molecule has 156 valence electrons. The maximum absolute atomic E-state index is 12.6. The predicted octanol–water partition coefficient (Wildman–Crippen LogP) is 4.47. The van der Waals surface area contributed by atoms with Gasteiger partial charge < -0.3 is 25.6 Å². The van der Waals surface area contributed by atoms with E-state index in [2.05, 4.69) is 16.0 Å². The highest BCUT2D eigenvalue weighted by Gasteiger charge is 2.15. The summed E-state index contributed by atoms with van der Waals surface area (Å²) in [5, 5.41) is 8.99. The van der Waals surface area contributed by atoms with Gasteiger partial charge in [0.25, 0.3) is 5.91 Å². The van der Waals surface area contributed by atoms with Crippen LogP contribution in [0.5, 0.6) is 0 Å². The number of hydrogen-bond acceptors (Lipinski definition) is 4. The van der Waals surface area contributed by atoms with Gasteiger partial charge in [0.1, 0.15) is 0 Å². The topological polar surface area (TPSA) is 82.7 Å². The molecular weight excluding hydrogens is 415 g/mol. The Bertz CT molecular complexity index is 875. The molecule has 0 heterocycles. The molecule has 0 bridgehead atoms. The summed E-state index contributed by atoms with van der Waals surface area (Å²) in [7, 11) is 5.31. The smallest absolute Gasteiger partial charge is 0.323 e. The molecule has 2 aromatic carbocycles. The largest absolute Gasteiger partial charge is 0.385 e. The first kappa shape index (κ1) is 22.8. The molecule has 0 unspecified atom stereocenters. The third-order valence-electron chi connectivity index (χ3n) is 3.97. The van der Waals surface area contributed by atoms with Gasteiger partial charge in [-0.3, -0.25) is 4.79 Å². The van der Waals surface area contributed by atoms with Crippen LogP contribution < -0.4 is 20.9 Å². The number of nitrogens with one attached hydrogen (secondary N) is 3. The first-order valence-corrected chi connectivity index (χ1v) is 9.69. The molecule has 2 aromatic rings. The minimum absolute atomic E-state index is 0.224. The Kier molecular flexibility index (Phi) is 8.57. The fourth-order valence-corrected chi connectivity index (χ4v) is 2.86. The number of amides is 3. The van der Waals surface area contributed by atoms with E-state index < -0.39 is 6.03 Å². The van der Waals surface area contributed by atoms with Gasteiger partial charge >= 0.3 is 6.03 Å². The van der Waals surface area contributed by atoms with Crippen LogP contribution >= 0.6 is 23.2 Å². The normalized spacial score (nSPS) is 10.4. The summed E-state index contributed by atoms with van der Waals surface area (Å²) < 4.78 is 4.99. The number of urea groups is 1. The summed E-state index contributed by atoms with van der Waals surface area (Å²) in [6, 6.07) is 9.46. The van der Waals surface area contributed by atoms with Crippen molar-refractivity contribution in [1.29, 1.82) is 0 Å². The Labute approximate surface area is 180 Å². The van der Waals surface area contributed by atoms with Crippen molar-refractivity contribution in [1.82, 2.24) is 5.32 Å². The molecule has 0 aromatic heterocycles. The second-order valence-corrected chi connectivity index (χ2v) is 7.25. The molecule has 0 fully saturated rings. The van der Waals surface area contributed by atoms with Crippen molar-refractivity contribution >= 4 is 52.2 Å². The average Bonchev–Trinajstić information content (AvgIpc) is 2.67. The molecule has 0 radical (unpaired) electrons. The molecule has 29 heavy (non-hydrogen) atoms. The summed E-state index contributed by atoms with van der Waals surface area (Å²) >= 11 is 11.8. The fraction of sp³-hybridized carbons (Fsp3) is 0.300. The number of rotatable bonds is 8. The van der Waals surface area contributed by atoms with Crippen molar-refractivity contribution in [3.8, 4) is 0 Å². The van der Waals surface area contributed by atoms with E-state index in [-0.39, 0.29) is 5.91 Å². The third-order valence-corrected chi connectivity index (χ3v) is 4.71. The lowest BCUT2D eigenvalue weighted by Crippen LogP contribution is -2.27. The van der Waals surface area contributed by atoms with E-state index in [1.54, 1.807) is 43.5 Å². The second kappa shape index (κ2) is 10.9. The molecule has 0 saturated carbocycles. The van der Waals surface area contributed by atoms with Crippen molar-refractivity contribution in [3.63, 3.8) is 0 Å². The van der Waals surface area contributed by atoms with E-state index in [0.717, 1.165) is 5.69 Å². The molecule has 0 atom stereocenters. The van der Waals surface area contributed by atoms with Crippen LogP contribution in [-0.2, 0) is 4.74 Å². The Morgan fingerprint density at radius 2 is 1.66 bits per heavy atom. The highest BCUT2D eigenvalue weighted by atomic mass is 35.5. The maximum Gasteiger partial charge on any atom is 0.323 e. The van der Waals surface area contributed by atoms with E-state index in [4.69, 9.17) is 27.9 Å². The number of benzene rings is 2. The summed E-state index contributed by atoms with van der Waals surface area (Å²) in [4.78, 5) is 26.7. The van der Waals surface area contributed by atoms with Gasteiger partial charge in [0.15, 0.2) is 0 Å². The van der Waals surface area contributed by atoms with Gasteiger partial charge in [-0.15, -0.1) is 0 Å². The fourth-order valence-electron chi connectivity index (χ4n) is 2.57. The molecule has 9 heteroatoms. The van der Waals surface area contributed by atoms with Crippen LogP contribution in [0.1, 0.15) is 16.8 Å². The van der Waals surface area contributed by atoms with Crippen molar-refractivity contribution in [3.05, 3.63) is 52.0 Å². The quantitative estimate of drug-likeness (QED) is 0.530. The number of halogens is 2. The van der Waals surface area contributed by atoms with Crippen LogP contribution in [0.4, 0.5) is 21.9 Å². The summed E-state index contributed by atoms with van der Waals surface area (Å²) in [5.74, 6) is -0.224. The molecule has 7 nitrogen and oxygen atoms in total. The highest BCUT2D eigenvalue weighted by molar-refractivity contribution is 6.42. The zero-order valence-electron chi connectivity index (χ0n) is 16.5. The lowest BCUT2D eigenvalue weighted by atomic mass is 10.1. The third kappa shape index (κ3) is 6.81. The Balaban J connectivity index is 2.10. The van der Waals surface area contributed by atoms with Crippen molar-refractivity contribution < 1.29 is 14.3 Å². The number of methoxy groups -OCH3 is 1. The number of ether oxygens (including phenoxy) is 1. The highest BCUT2D eigenvalue weighted by Crippen LogP contribution is 2.26. The minimum Gasteiger partial charge on any atom is -0.385 e. The van der Waals surface area contributed by atoms with Gasteiger partial charge in [0.2, 0.25) is 0 Å². The van der Waals surface area contributed by atoms with E-state index in [1.165, 1.54) is 0 Å². The molecule has 0 saturated heterocycles. The second-order valence-electron chi connectivity index (χ2n) is 6.44. The Morgan fingerprint density at radius 1 is 1.00 bits per heavy atom. The summed E-state index contributed by atoms with van der Waals surface area (Å²) in [6.45, 7) is 1.06. The standard InChI is InChI=1S/C20H24Cl2N4O3/c1-26(2)18-8-6-13(11-15(18)19(27)23-9-4-10-29-3)24-20(28)25-14-5-7-16(21)17(22)12-14/h5-8,11-12H,4,9-10H2,1-3H3,(H,23,27)(H2,24,25,28). The minimum atomic E-state index is -0.465. The number of hydrogen-bond donors (Lipinski definition) is 3. The Morgan fingerprint density at radius 3 is 2.28 bits per heavy atom. The van der Waals surface area contributed by atoms with E-state index in [0.29, 0.717) is 46.6 Å². The first-order valence-electron chi connectivity index (χ1n) is 8.93. The number of carbonyl (C=O) groups excluding carboxylic acids is 2.